The van der Waals surface area contributed by atoms with E-state index in [4.69, 9.17) is 21.1 Å². The van der Waals surface area contributed by atoms with Gasteiger partial charge in [0.05, 0.1) is 24.9 Å². The average Bonchev–Trinajstić information content (AvgIpc) is 2.83. The molecule has 0 saturated heterocycles. The molecule has 6 heteroatoms. The molecule has 0 spiro atoms. The third-order valence-corrected chi connectivity index (χ3v) is 3.18. The molecule has 20 heavy (non-hydrogen) atoms. The Balaban J connectivity index is 2.01. The van der Waals surface area contributed by atoms with E-state index < -0.39 is 0 Å². The van der Waals surface area contributed by atoms with E-state index in [0.29, 0.717) is 29.6 Å². The van der Waals surface area contributed by atoms with Gasteiger partial charge in [-0.2, -0.15) is 5.10 Å². The van der Waals surface area contributed by atoms with E-state index in [2.05, 4.69) is 10.4 Å². The molecule has 1 aromatic carbocycles. The van der Waals surface area contributed by atoms with Crippen LogP contribution in [0.15, 0.2) is 24.4 Å². The lowest BCUT2D eigenvalue weighted by molar-refractivity contribution is 0.354. The fraction of sp³-hybridized carbons (Fsp3) is 0.357. The van der Waals surface area contributed by atoms with Crippen LogP contribution in [0.1, 0.15) is 11.3 Å². The van der Waals surface area contributed by atoms with Crippen molar-refractivity contribution in [1.82, 2.24) is 15.1 Å². The van der Waals surface area contributed by atoms with Gasteiger partial charge in [0.25, 0.3) is 0 Å². The molecule has 0 unspecified atom stereocenters. The van der Waals surface area contributed by atoms with E-state index in [9.17, 15) is 0 Å². The van der Waals surface area contributed by atoms with Crippen molar-refractivity contribution < 1.29 is 9.47 Å². The van der Waals surface area contributed by atoms with Crippen molar-refractivity contribution >= 4 is 11.6 Å². The number of nitrogens with zero attached hydrogens (tertiary/aromatic N) is 2. The topological polar surface area (TPSA) is 48.3 Å². The van der Waals surface area contributed by atoms with Crippen molar-refractivity contribution in [3.63, 3.8) is 0 Å². The van der Waals surface area contributed by atoms with E-state index in [0.717, 1.165) is 11.3 Å². The highest BCUT2D eigenvalue weighted by Crippen LogP contribution is 2.35. The lowest BCUT2D eigenvalue weighted by Gasteiger charge is -2.12. The van der Waals surface area contributed by atoms with Gasteiger partial charge in [-0.25, -0.2) is 0 Å². The van der Waals surface area contributed by atoms with Crippen LogP contribution in [0, 0.1) is 0 Å². The monoisotopic (exact) mass is 295 g/mol. The fourth-order valence-corrected chi connectivity index (χ4v) is 2.28. The number of aromatic nitrogens is 2. The Kier molecular flexibility index (Phi) is 4.87. The zero-order valence-electron chi connectivity index (χ0n) is 11.8. The highest BCUT2D eigenvalue weighted by molar-refractivity contribution is 6.32. The third kappa shape index (κ3) is 3.43. The van der Waals surface area contributed by atoms with Gasteiger partial charge in [0.15, 0.2) is 11.5 Å². The Labute approximate surface area is 123 Å². The summed E-state index contributed by atoms with van der Waals surface area (Å²) in [5.74, 6) is 1.19. The zero-order valence-corrected chi connectivity index (χ0v) is 12.6. The van der Waals surface area contributed by atoms with E-state index in [-0.39, 0.29) is 0 Å². The Bertz CT molecular complexity index is 584. The SMILES string of the molecule is COc1cc(CNCc2ccn(C)n2)cc(Cl)c1OC. The maximum atomic E-state index is 6.16. The lowest BCUT2D eigenvalue weighted by Crippen LogP contribution is -2.13. The smallest absolute Gasteiger partial charge is 0.179 e. The van der Waals surface area contributed by atoms with Crippen LogP contribution in [0.4, 0.5) is 0 Å². The molecule has 1 N–H and O–H groups in total. The second-order valence-corrected chi connectivity index (χ2v) is 4.80. The number of aryl methyl sites for hydroxylation is 1. The molecular weight excluding hydrogens is 278 g/mol. The van der Waals surface area contributed by atoms with Gasteiger partial charge in [-0.15, -0.1) is 0 Å². The number of hydrogen-bond acceptors (Lipinski definition) is 4. The highest BCUT2D eigenvalue weighted by atomic mass is 35.5. The second kappa shape index (κ2) is 6.63. The van der Waals surface area contributed by atoms with Crippen LogP contribution in [-0.4, -0.2) is 24.0 Å². The predicted octanol–water partition coefficient (Wildman–Crippen LogP) is 2.38. The first-order valence-electron chi connectivity index (χ1n) is 6.23. The van der Waals surface area contributed by atoms with Crippen molar-refractivity contribution in [2.75, 3.05) is 14.2 Å². The minimum Gasteiger partial charge on any atom is -0.493 e. The van der Waals surface area contributed by atoms with Crippen molar-refractivity contribution in [2.45, 2.75) is 13.1 Å². The second-order valence-electron chi connectivity index (χ2n) is 4.40. The van der Waals surface area contributed by atoms with Crippen LogP contribution in [0.3, 0.4) is 0 Å². The van der Waals surface area contributed by atoms with E-state index in [1.54, 1.807) is 18.9 Å². The van der Waals surface area contributed by atoms with Gasteiger partial charge in [-0.3, -0.25) is 4.68 Å². The third-order valence-electron chi connectivity index (χ3n) is 2.90. The minimum absolute atomic E-state index is 0.543. The van der Waals surface area contributed by atoms with Crippen LogP contribution >= 0.6 is 11.6 Å². The number of ether oxygens (including phenoxy) is 2. The molecule has 1 heterocycles. The summed E-state index contributed by atoms with van der Waals surface area (Å²) in [4.78, 5) is 0. The summed E-state index contributed by atoms with van der Waals surface area (Å²) in [6.45, 7) is 1.38. The number of rotatable bonds is 6. The standard InChI is InChI=1S/C14H18ClN3O2/c1-18-5-4-11(17-18)9-16-8-10-6-12(15)14(20-3)13(7-10)19-2/h4-7,16H,8-9H2,1-3H3. The molecule has 0 saturated carbocycles. The molecule has 0 amide bonds. The van der Waals surface area contributed by atoms with E-state index >= 15 is 0 Å². The molecule has 0 aliphatic rings. The molecule has 0 radical (unpaired) electrons. The van der Waals surface area contributed by atoms with Gasteiger partial charge in [-0.05, 0) is 23.8 Å². The van der Waals surface area contributed by atoms with Crippen LogP contribution in [0.25, 0.3) is 0 Å². The van der Waals surface area contributed by atoms with Crippen LogP contribution < -0.4 is 14.8 Å². The normalized spacial score (nSPS) is 10.6. The van der Waals surface area contributed by atoms with Crippen LogP contribution in [0.5, 0.6) is 11.5 Å². The van der Waals surface area contributed by atoms with Gasteiger partial charge >= 0.3 is 0 Å². The average molecular weight is 296 g/mol. The van der Waals surface area contributed by atoms with E-state index in [1.807, 2.05) is 31.4 Å². The Hall–Kier alpha value is -1.72. The largest absolute Gasteiger partial charge is 0.493 e. The Morgan fingerprint density at radius 3 is 2.65 bits per heavy atom. The number of hydrogen-bond donors (Lipinski definition) is 1. The molecule has 0 aliphatic heterocycles. The van der Waals surface area contributed by atoms with Crippen molar-refractivity contribution in [3.05, 3.63) is 40.7 Å². The number of benzene rings is 1. The fourth-order valence-electron chi connectivity index (χ4n) is 1.97. The maximum Gasteiger partial charge on any atom is 0.179 e. The summed E-state index contributed by atoms with van der Waals surface area (Å²) in [5, 5.41) is 8.16. The van der Waals surface area contributed by atoms with Crippen LogP contribution in [0.2, 0.25) is 5.02 Å². The first-order valence-corrected chi connectivity index (χ1v) is 6.61. The van der Waals surface area contributed by atoms with E-state index in [1.165, 1.54) is 0 Å². The predicted molar refractivity (Wildman–Crippen MR) is 78.3 cm³/mol. The number of methoxy groups -OCH3 is 2. The molecule has 0 fully saturated rings. The van der Waals surface area contributed by atoms with Crippen molar-refractivity contribution in [1.29, 1.82) is 0 Å². The summed E-state index contributed by atoms with van der Waals surface area (Å²) in [7, 11) is 5.07. The molecule has 0 atom stereocenters. The molecular formula is C14H18ClN3O2. The molecule has 2 rings (SSSR count). The Morgan fingerprint density at radius 2 is 2.05 bits per heavy atom. The molecule has 1 aromatic heterocycles. The van der Waals surface area contributed by atoms with Gasteiger partial charge < -0.3 is 14.8 Å². The lowest BCUT2D eigenvalue weighted by atomic mass is 10.2. The first-order chi connectivity index (χ1) is 9.63. The molecule has 108 valence electrons. The van der Waals surface area contributed by atoms with Gasteiger partial charge in [0, 0.05) is 26.3 Å². The summed E-state index contributed by atoms with van der Waals surface area (Å²) in [6, 6.07) is 5.76. The number of halogens is 1. The quantitative estimate of drug-likeness (QED) is 0.889. The summed E-state index contributed by atoms with van der Waals surface area (Å²) < 4.78 is 12.3. The van der Waals surface area contributed by atoms with Gasteiger partial charge in [0.2, 0.25) is 0 Å². The minimum atomic E-state index is 0.543. The number of nitrogens with one attached hydrogen (secondary N) is 1. The van der Waals surface area contributed by atoms with Crippen LogP contribution in [-0.2, 0) is 20.1 Å². The summed E-state index contributed by atoms with van der Waals surface area (Å²) in [5.41, 5.74) is 2.03. The van der Waals surface area contributed by atoms with Gasteiger partial charge in [0.1, 0.15) is 0 Å². The molecule has 0 aliphatic carbocycles. The highest BCUT2D eigenvalue weighted by Gasteiger charge is 2.10. The summed E-state index contributed by atoms with van der Waals surface area (Å²) >= 11 is 6.16. The Morgan fingerprint density at radius 1 is 1.25 bits per heavy atom. The first kappa shape index (κ1) is 14.7. The molecule has 0 bridgehead atoms. The summed E-state index contributed by atoms with van der Waals surface area (Å²) in [6.07, 6.45) is 1.92. The molecule has 5 nitrogen and oxygen atoms in total. The maximum absolute atomic E-state index is 6.16. The van der Waals surface area contributed by atoms with Crippen molar-refractivity contribution in [3.8, 4) is 11.5 Å². The van der Waals surface area contributed by atoms with Crippen molar-refractivity contribution in [2.24, 2.45) is 7.05 Å². The molecule has 2 aromatic rings. The van der Waals surface area contributed by atoms with Gasteiger partial charge in [-0.1, -0.05) is 11.6 Å². The zero-order chi connectivity index (χ0) is 14.5.